The van der Waals surface area contributed by atoms with Crippen LogP contribution in [0.2, 0.25) is 0 Å². The van der Waals surface area contributed by atoms with Crippen molar-refractivity contribution in [2.24, 2.45) is 0 Å². The Labute approximate surface area is 87.5 Å². The summed E-state index contributed by atoms with van der Waals surface area (Å²) in [6.45, 7) is 9.89. The molecule has 1 heteroatoms. The summed E-state index contributed by atoms with van der Waals surface area (Å²) in [5.41, 5.74) is 4.44. The van der Waals surface area contributed by atoms with Crippen molar-refractivity contribution in [2.45, 2.75) is 39.7 Å². The van der Waals surface area contributed by atoms with Gasteiger partial charge in [-0.1, -0.05) is 39.0 Å². The molecule has 0 bridgehead atoms. The molecule has 0 heterocycles. The van der Waals surface area contributed by atoms with Crippen molar-refractivity contribution in [1.82, 2.24) is 5.32 Å². The molecule has 0 saturated carbocycles. The molecule has 0 saturated heterocycles. The van der Waals surface area contributed by atoms with Crippen LogP contribution in [0, 0.1) is 6.92 Å². The zero-order chi connectivity index (χ0) is 10.8. The van der Waals surface area contributed by atoms with Crippen LogP contribution in [-0.4, -0.2) is 7.05 Å². The summed E-state index contributed by atoms with van der Waals surface area (Å²) in [5.74, 6) is 0. The topological polar surface area (TPSA) is 12.0 Å². The van der Waals surface area contributed by atoms with E-state index in [1.54, 1.807) is 0 Å². The Balaban J connectivity index is 3.01. The van der Waals surface area contributed by atoms with Crippen LogP contribution < -0.4 is 5.32 Å². The largest absolute Gasteiger partial charge is 0.316 e. The van der Waals surface area contributed by atoms with Crippen LogP contribution in [0.4, 0.5) is 0 Å². The van der Waals surface area contributed by atoms with E-state index in [9.17, 15) is 0 Å². The zero-order valence-electron chi connectivity index (χ0n) is 9.94. The predicted octanol–water partition coefficient (Wildman–Crippen LogP) is 3.01. The molecule has 0 aromatic heterocycles. The molecule has 0 spiro atoms. The molecular weight excluding hydrogens is 170 g/mol. The first-order chi connectivity index (χ1) is 6.45. The number of benzene rings is 1. The van der Waals surface area contributed by atoms with Gasteiger partial charge in [-0.3, -0.25) is 0 Å². The fourth-order valence-corrected chi connectivity index (χ4v) is 1.55. The summed E-state index contributed by atoms with van der Waals surface area (Å²) in [7, 11) is 1.98. The molecule has 0 aliphatic rings. The van der Waals surface area contributed by atoms with E-state index in [1.165, 1.54) is 16.7 Å². The first kappa shape index (κ1) is 11.3. The Hall–Kier alpha value is -0.820. The van der Waals surface area contributed by atoms with Gasteiger partial charge in [0, 0.05) is 6.54 Å². The number of rotatable bonds is 2. The minimum atomic E-state index is 0.253. The van der Waals surface area contributed by atoms with E-state index in [-0.39, 0.29) is 5.41 Å². The molecule has 14 heavy (non-hydrogen) atoms. The molecule has 0 aliphatic carbocycles. The average Bonchev–Trinajstić information content (AvgIpc) is 2.07. The molecule has 0 aliphatic heterocycles. The van der Waals surface area contributed by atoms with Crippen LogP contribution in [0.25, 0.3) is 0 Å². The number of nitrogens with one attached hydrogen (secondary N) is 1. The molecule has 1 aromatic rings. The molecule has 1 nitrogen and oxygen atoms in total. The molecule has 0 radical (unpaired) electrons. The molecular formula is C13H21N. The van der Waals surface area contributed by atoms with Gasteiger partial charge < -0.3 is 5.32 Å². The lowest BCUT2D eigenvalue weighted by Gasteiger charge is -2.20. The second kappa shape index (κ2) is 4.14. The summed E-state index contributed by atoms with van der Waals surface area (Å²) < 4.78 is 0. The zero-order valence-corrected chi connectivity index (χ0v) is 9.94. The fourth-order valence-electron chi connectivity index (χ4n) is 1.55. The molecule has 78 valence electrons. The van der Waals surface area contributed by atoms with Crippen LogP contribution in [0.15, 0.2) is 18.2 Å². The van der Waals surface area contributed by atoms with E-state index in [0.29, 0.717) is 0 Å². The summed E-state index contributed by atoms with van der Waals surface area (Å²) in [6, 6.07) is 6.76. The second-order valence-electron chi connectivity index (χ2n) is 4.92. The van der Waals surface area contributed by atoms with E-state index >= 15 is 0 Å². The molecule has 0 unspecified atom stereocenters. The average molecular weight is 191 g/mol. The van der Waals surface area contributed by atoms with Crippen LogP contribution in [-0.2, 0) is 12.0 Å². The highest BCUT2D eigenvalue weighted by molar-refractivity contribution is 5.34. The van der Waals surface area contributed by atoms with E-state index < -0.39 is 0 Å². The fraction of sp³-hybridized carbons (Fsp3) is 0.538. The SMILES string of the molecule is CNCc1ccc(C(C)(C)C)cc1C. The van der Waals surface area contributed by atoms with Crippen molar-refractivity contribution in [3.05, 3.63) is 34.9 Å². The van der Waals surface area contributed by atoms with Crippen molar-refractivity contribution in [2.75, 3.05) is 7.05 Å². The molecule has 1 N–H and O–H groups in total. The van der Waals surface area contributed by atoms with Crippen LogP contribution in [0.5, 0.6) is 0 Å². The molecule has 0 amide bonds. The third-order valence-electron chi connectivity index (χ3n) is 2.58. The predicted molar refractivity (Wildman–Crippen MR) is 62.6 cm³/mol. The minimum absolute atomic E-state index is 0.253. The Morgan fingerprint density at radius 1 is 1.21 bits per heavy atom. The molecule has 0 atom stereocenters. The number of hydrogen-bond donors (Lipinski definition) is 1. The number of aryl methyl sites for hydroxylation is 1. The lowest BCUT2D eigenvalue weighted by molar-refractivity contribution is 0.589. The normalized spacial score (nSPS) is 11.8. The third-order valence-corrected chi connectivity index (χ3v) is 2.58. The second-order valence-corrected chi connectivity index (χ2v) is 4.92. The summed E-state index contributed by atoms with van der Waals surface area (Å²) >= 11 is 0. The van der Waals surface area contributed by atoms with Gasteiger partial charge in [0.25, 0.3) is 0 Å². The highest BCUT2D eigenvalue weighted by Gasteiger charge is 2.13. The standard InChI is InChI=1S/C13H21N/c1-10-8-12(13(2,3)4)7-6-11(10)9-14-5/h6-8,14H,9H2,1-5H3. The monoisotopic (exact) mass is 191 g/mol. The van der Waals surface area contributed by atoms with E-state index in [4.69, 9.17) is 0 Å². The molecule has 0 fully saturated rings. The lowest BCUT2D eigenvalue weighted by Crippen LogP contribution is -2.13. The first-order valence-corrected chi connectivity index (χ1v) is 5.20. The van der Waals surface area contributed by atoms with Crippen LogP contribution in [0.1, 0.15) is 37.5 Å². The van der Waals surface area contributed by atoms with Gasteiger partial charge in [-0.05, 0) is 36.1 Å². The summed E-state index contributed by atoms with van der Waals surface area (Å²) in [5, 5.41) is 3.18. The summed E-state index contributed by atoms with van der Waals surface area (Å²) in [6.07, 6.45) is 0. The van der Waals surface area contributed by atoms with Gasteiger partial charge >= 0.3 is 0 Å². The van der Waals surface area contributed by atoms with Crippen LogP contribution >= 0.6 is 0 Å². The van der Waals surface area contributed by atoms with Gasteiger partial charge in [-0.25, -0.2) is 0 Å². The van der Waals surface area contributed by atoms with Gasteiger partial charge in [-0.2, -0.15) is 0 Å². The van der Waals surface area contributed by atoms with Crippen LogP contribution in [0.3, 0.4) is 0 Å². The van der Waals surface area contributed by atoms with Gasteiger partial charge in [-0.15, -0.1) is 0 Å². The van der Waals surface area contributed by atoms with Crippen molar-refractivity contribution in [3.8, 4) is 0 Å². The first-order valence-electron chi connectivity index (χ1n) is 5.20. The Morgan fingerprint density at radius 3 is 2.29 bits per heavy atom. The molecule has 1 aromatic carbocycles. The Bertz CT molecular complexity index is 308. The van der Waals surface area contributed by atoms with Gasteiger partial charge in [0.1, 0.15) is 0 Å². The van der Waals surface area contributed by atoms with Crippen molar-refractivity contribution < 1.29 is 0 Å². The smallest absolute Gasteiger partial charge is 0.0205 e. The minimum Gasteiger partial charge on any atom is -0.316 e. The molecule has 1 rings (SSSR count). The van der Waals surface area contributed by atoms with Gasteiger partial charge in [0.05, 0.1) is 0 Å². The number of hydrogen-bond acceptors (Lipinski definition) is 1. The van der Waals surface area contributed by atoms with E-state index in [2.05, 4.69) is 51.2 Å². The van der Waals surface area contributed by atoms with E-state index in [0.717, 1.165) is 6.54 Å². The van der Waals surface area contributed by atoms with Crippen molar-refractivity contribution >= 4 is 0 Å². The summed E-state index contributed by atoms with van der Waals surface area (Å²) in [4.78, 5) is 0. The highest BCUT2D eigenvalue weighted by Crippen LogP contribution is 2.24. The lowest BCUT2D eigenvalue weighted by atomic mass is 9.85. The highest BCUT2D eigenvalue weighted by atomic mass is 14.8. The van der Waals surface area contributed by atoms with Gasteiger partial charge in [0.15, 0.2) is 0 Å². The Kier molecular flexibility index (Phi) is 3.33. The Morgan fingerprint density at radius 2 is 1.86 bits per heavy atom. The maximum Gasteiger partial charge on any atom is 0.0205 e. The van der Waals surface area contributed by atoms with E-state index in [1.807, 2.05) is 7.05 Å². The van der Waals surface area contributed by atoms with Gasteiger partial charge in [0.2, 0.25) is 0 Å². The maximum absolute atomic E-state index is 3.18. The quantitative estimate of drug-likeness (QED) is 0.757. The third kappa shape index (κ3) is 2.58. The van der Waals surface area contributed by atoms with Crippen molar-refractivity contribution in [3.63, 3.8) is 0 Å². The maximum atomic E-state index is 3.18. The van der Waals surface area contributed by atoms with Crippen molar-refractivity contribution in [1.29, 1.82) is 0 Å².